The molecular formula is C11H20N4O. The molecule has 90 valence electrons. The van der Waals surface area contributed by atoms with Crippen LogP contribution < -0.4 is 15.8 Å². The average molecular weight is 224 g/mol. The third-order valence-electron chi connectivity index (χ3n) is 2.49. The van der Waals surface area contributed by atoms with Crippen molar-refractivity contribution in [1.29, 1.82) is 0 Å². The average Bonchev–Trinajstić information content (AvgIpc) is 2.29. The van der Waals surface area contributed by atoms with Crippen LogP contribution in [0.2, 0.25) is 0 Å². The Bertz CT molecular complexity index is 374. The van der Waals surface area contributed by atoms with Crippen LogP contribution in [0.4, 0.5) is 5.82 Å². The van der Waals surface area contributed by atoms with Crippen LogP contribution in [0, 0.1) is 0 Å². The monoisotopic (exact) mass is 224 g/mol. The summed E-state index contributed by atoms with van der Waals surface area (Å²) in [5, 5.41) is 3.24. The molecule has 0 bridgehead atoms. The fourth-order valence-electron chi connectivity index (χ4n) is 1.51. The molecule has 0 unspecified atom stereocenters. The number of hydrogen-bond donors (Lipinski definition) is 1. The fourth-order valence-corrected chi connectivity index (χ4v) is 1.51. The largest absolute Gasteiger partial charge is 0.351 e. The number of rotatable bonds is 6. The van der Waals surface area contributed by atoms with E-state index in [9.17, 15) is 4.79 Å². The van der Waals surface area contributed by atoms with E-state index in [4.69, 9.17) is 0 Å². The molecule has 0 spiro atoms. The molecule has 0 radical (unpaired) electrons. The summed E-state index contributed by atoms with van der Waals surface area (Å²) >= 11 is 0. The Morgan fingerprint density at radius 2 is 2.25 bits per heavy atom. The second-order valence-electron chi connectivity index (χ2n) is 3.60. The molecule has 1 heterocycles. The predicted molar refractivity (Wildman–Crippen MR) is 65.9 cm³/mol. The molecule has 1 aromatic heterocycles. The van der Waals surface area contributed by atoms with Gasteiger partial charge in [-0.3, -0.25) is 4.79 Å². The van der Waals surface area contributed by atoms with E-state index in [-0.39, 0.29) is 5.56 Å². The molecule has 5 heteroatoms. The van der Waals surface area contributed by atoms with Crippen LogP contribution in [0.25, 0.3) is 0 Å². The Hall–Kier alpha value is -1.36. The Kier molecular flexibility index (Phi) is 4.98. The topological polar surface area (TPSA) is 50.2 Å². The molecular weight excluding hydrogens is 204 g/mol. The van der Waals surface area contributed by atoms with E-state index in [1.807, 2.05) is 11.8 Å². The molecule has 0 aliphatic carbocycles. The van der Waals surface area contributed by atoms with Crippen molar-refractivity contribution < 1.29 is 0 Å². The molecule has 0 saturated carbocycles. The van der Waals surface area contributed by atoms with Crippen LogP contribution in [-0.2, 0) is 7.05 Å². The Labute approximate surface area is 96.1 Å². The summed E-state index contributed by atoms with van der Waals surface area (Å²) < 4.78 is 1.55. The van der Waals surface area contributed by atoms with Gasteiger partial charge in [0.25, 0.3) is 5.56 Å². The van der Waals surface area contributed by atoms with Gasteiger partial charge in [0.15, 0.2) is 5.82 Å². The van der Waals surface area contributed by atoms with Crippen LogP contribution in [0.1, 0.15) is 13.8 Å². The Morgan fingerprint density at radius 3 is 2.88 bits per heavy atom. The number of hydrogen-bond acceptors (Lipinski definition) is 4. The van der Waals surface area contributed by atoms with Crippen molar-refractivity contribution in [3.05, 3.63) is 22.7 Å². The van der Waals surface area contributed by atoms with Gasteiger partial charge in [-0.15, -0.1) is 0 Å². The molecule has 0 saturated heterocycles. The minimum atomic E-state index is -0.0409. The van der Waals surface area contributed by atoms with Crippen molar-refractivity contribution in [2.24, 2.45) is 7.05 Å². The van der Waals surface area contributed by atoms with Crippen LogP contribution in [-0.4, -0.2) is 35.7 Å². The highest BCUT2D eigenvalue weighted by Gasteiger charge is 2.10. The summed E-state index contributed by atoms with van der Waals surface area (Å²) in [6, 6.07) is 0. The minimum absolute atomic E-state index is 0.0409. The van der Waals surface area contributed by atoms with Gasteiger partial charge in [-0.2, -0.15) is 0 Å². The number of nitrogens with zero attached hydrogens (tertiary/aromatic N) is 3. The van der Waals surface area contributed by atoms with Gasteiger partial charge in [0, 0.05) is 39.1 Å². The third-order valence-corrected chi connectivity index (χ3v) is 2.49. The van der Waals surface area contributed by atoms with E-state index in [2.05, 4.69) is 17.2 Å². The molecule has 0 fully saturated rings. The number of nitrogens with one attached hydrogen (secondary N) is 1. The number of likely N-dealkylation sites (N-methyl/N-ethyl adjacent to an activating group) is 2. The van der Waals surface area contributed by atoms with Crippen molar-refractivity contribution >= 4 is 5.82 Å². The van der Waals surface area contributed by atoms with E-state index >= 15 is 0 Å². The fraction of sp³-hybridized carbons (Fsp3) is 0.636. The van der Waals surface area contributed by atoms with E-state index in [0.717, 1.165) is 26.2 Å². The van der Waals surface area contributed by atoms with Crippen molar-refractivity contribution in [1.82, 2.24) is 14.9 Å². The Balaban J connectivity index is 2.79. The third kappa shape index (κ3) is 3.06. The molecule has 0 amide bonds. The van der Waals surface area contributed by atoms with Crippen LogP contribution in [0.15, 0.2) is 17.2 Å². The number of aryl methyl sites for hydroxylation is 1. The summed E-state index contributed by atoms with van der Waals surface area (Å²) in [5.41, 5.74) is -0.0409. The highest BCUT2D eigenvalue weighted by atomic mass is 16.1. The van der Waals surface area contributed by atoms with Crippen LogP contribution >= 0.6 is 0 Å². The highest BCUT2D eigenvalue weighted by molar-refractivity contribution is 5.35. The zero-order chi connectivity index (χ0) is 12.0. The molecule has 1 N–H and O–H groups in total. The standard InChI is InChI=1S/C11H20N4O/c1-4-12-6-9-15(5-2)10-11(16)14(3)8-7-13-10/h7-8,12H,4-6,9H2,1-3H3. The van der Waals surface area contributed by atoms with Gasteiger partial charge in [-0.25, -0.2) is 4.98 Å². The SMILES string of the molecule is CCNCCN(CC)c1nccn(C)c1=O. The number of anilines is 1. The molecule has 16 heavy (non-hydrogen) atoms. The van der Waals surface area contributed by atoms with E-state index < -0.39 is 0 Å². The van der Waals surface area contributed by atoms with Crippen LogP contribution in [0.5, 0.6) is 0 Å². The molecule has 0 atom stereocenters. The van der Waals surface area contributed by atoms with Crippen molar-refractivity contribution in [3.8, 4) is 0 Å². The summed E-state index contributed by atoms with van der Waals surface area (Å²) in [6.07, 6.45) is 3.33. The molecule has 5 nitrogen and oxygen atoms in total. The summed E-state index contributed by atoms with van der Waals surface area (Å²) in [7, 11) is 1.74. The normalized spacial score (nSPS) is 10.4. The second-order valence-corrected chi connectivity index (χ2v) is 3.60. The lowest BCUT2D eigenvalue weighted by atomic mass is 10.4. The smallest absolute Gasteiger partial charge is 0.293 e. The number of aromatic nitrogens is 2. The molecule has 1 rings (SSSR count). The first-order chi connectivity index (χ1) is 7.70. The zero-order valence-corrected chi connectivity index (χ0v) is 10.2. The molecule has 0 aliphatic heterocycles. The lowest BCUT2D eigenvalue weighted by molar-refractivity contribution is 0.676. The molecule has 0 aromatic carbocycles. The van der Waals surface area contributed by atoms with Gasteiger partial charge < -0.3 is 14.8 Å². The minimum Gasteiger partial charge on any atom is -0.351 e. The van der Waals surface area contributed by atoms with E-state index in [1.54, 1.807) is 24.0 Å². The zero-order valence-electron chi connectivity index (χ0n) is 10.2. The highest BCUT2D eigenvalue weighted by Crippen LogP contribution is 2.01. The van der Waals surface area contributed by atoms with Crippen molar-refractivity contribution in [2.45, 2.75) is 13.8 Å². The lowest BCUT2D eigenvalue weighted by Crippen LogP contribution is -2.37. The first-order valence-corrected chi connectivity index (χ1v) is 5.68. The van der Waals surface area contributed by atoms with Gasteiger partial charge in [0.05, 0.1) is 0 Å². The van der Waals surface area contributed by atoms with Crippen molar-refractivity contribution in [3.63, 3.8) is 0 Å². The Morgan fingerprint density at radius 1 is 1.50 bits per heavy atom. The van der Waals surface area contributed by atoms with Gasteiger partial charge in [0.2, 0.25) is 0 Å². The maximum absolute atomic E-state index is 11.8. The first-order valence-electron chi connectivity index (χ1n) is 5.68. The summed E-state index contributed by atoms with van der Waals surface area (Å²) in [4.78, 5) is 18.0. The van der Waals surface area contributed by atoms with Crippen molar-refractivity contribution in [2.75, 3.05) is 31.1 Å². The first kappa shape index (κ1) is 12.7. The molecule has 1 aromatic rings. The lowest BCUT2D eigenvalue weighted by Gasteiger charge is -2.21. The van der Waals surface area contributed by atoms with Crippen LogP contribution in [0.3, 0.4) is 0 Å². The summed E-state index contributed by atoms with van der Waals surface area (Å²) in [6.45, 7) is 7.49. The van der Waals surface area contributed by atoms with E-state index in [0.29, 0.717) is 5.82 Å². The predicted octanol–water partition coefficient (Wildman–Crippen LogP) is 0.216. The maximum Gasteiger partial charge on any atom is 0.293 e. The van der Waals surface area contributed by atoms with E-state index in [1.165, 1.54) is 0 Å². The van der Waals surface area contributed by atoms with Gasteiger partial charge >= 0.3 is 0 Å². The second kappa shape index (κ2) is 6.27. The van der Waals surface area contributed by atoms with Gasteiger partial charge in [-0.1, -0.05) is 6.92 Å². The quantitative estimate of drug-likeness (QED) is 0.702. The molecule has 0 aliphatic rings. The maximum atomic E-state index is 11.8. The van der Waals surface area contributed by atoms with Gasteiger partial charge in [0.1, 0.15) is 0 Å². The van der Waals surface area contributed by atoms with Gasteiger partial charge in [-0.05, 0) is 13.5 Å². The summed E-state index contributed by atoms with van der Waals surface area (Å²) in [5.74, 6) is 0.533.